The van der Waals surface area contributed by atoms with Gasteiger partial charge >= 0.3 is 5.13 Å². The molecule has 0 radical (unpaired) electrons. The minimum Gasteiger partial charge on any atom is -1.00 e. The monoisotopic (exact) mass is 501 g/mol. The van der Waals surface area contributed by atoms with Crippen molar-refractivity contribution in [2.24, 2.45) is 0 Å². The van der Waals surface area contributed by atoms with Crippen LogP contribution in [0.3, 0.4) is 0 Å². The van der Waals surface area contributed by atoms with E-state index >= 15 is 0 Å². The molecule has 0 unspecified atom stereocenters. The quantitative estimate of drug-likeness (QED) is 0.326. The summed E-state index contributed by atoms with van der Waals surface area (Å²) in [5.74, 6) is 0.461. The maximum absolute atomic E-state index is 12.4. The van der Waals surface area contributed by atoms with Crippen molar-refractivity contribution in [1.29, 1.82) is 0 Å². The fraction of sp³-hybridized carbons (Fsp3) is 0. The average Bonchev–Trinajstić information content (AvgIpc) is 3.50. The zero-order valence-corrected chi connectivity index (χ0v) is 19.5. The van der Waals surface area contributed by atoms with Crippen LogP contribution in [-0.2, 0) is 0 Å². The standard InChI is InChI=1S/C24H15N7O2S.ClH/c32-22-17-12-11-16(14-18(17)23(33)27-26-22)30-28-21(13-10-15-6-2-1-3-7-15)29-31(30)24-25-19-8-4-5-9-20(19)34-24;/h1-14H,(H,28,29);1H. The molecule has 2 N–H and O–H groups in total. The van der Waals surface area contributed by atoms with Crippen LogP contribution in [0.15, 0.2) is 82.4 Å². The normalized spacial score (nSPS) is 11.3. The topological polar surface area (TPSA) is 113 Å². The van der Waals surface area contributed by atoms with Crippen LogP contribution in [0.4, 0.5) is 0 Å². The Balaban J connectivity index is 0.00000253. The van der Waals surface area contributed by atoms with E-state index < -0.39 is 5.56 Å². The van der Waals surface area contributed by atoms with E-state index in [-0.39, 0.29) is 23.4 Å². The van der Waals surface area contributed by atoms with Gasteiger partial charge in [0.1, 0.15) is 5.69 Å². The number of fused-ring (bicyclic) bond motifs is 2. The second-order valence-corrected chi connectivity index (χ2v) is 8.49. The molecule has 0 atom stereocenters. The average molecular weight is 502 g/mol. The predicted molar refractivity (Wildman–Crippen MR) is 130 cm³/mol. The molecule has 0 spiro atoms. The number of halogens is 1. The molecule has 0 aliphatic rings. The highest BCUT2D eigenvalue weighted by Crippen LogP contribution is 2.22. The summed E-state index contributed by atoms with van der Waals surface area (Å²) in [6.45, 7) is 0. The number of hydrogen-bond acceptors (Lipinski definition) is 6. The van der Waals surface area contributed by atoms with Crippen molar-refractivity contribution < 1.29 is 17.2 Å². The molecule has 172 valence electrons. The number of tetrazole rings is 1. The van der Waals surface area contributed by atoms with Gasteiger partial charge in [-0.3, -0.25) is 19.8 Å². The molecule has 11 heteroatoms. The summed E-state index contributed by atoms with van der Waals surface area (Å²) >= 11 is 1.48. The molecule has 0 saturated carbocycles. The lowest BCUT2D eigenvalue weighted by atomic mass is 10.2. The predicted octanol–water partition coefficient (Wildman–Crippen LogP) is -0.142. The van der Waals surface area contributed by atoms with Gasteiger partial charge in [0.25, 0.3) is 16.9 Å². The first-order chi connectivity index (χ1) is 16.7. The van der Waals surface area contributed by atoms with Crippen LogP contribution in [0, 0.1) is 0 Å². The largest absolute Gasteiger partial charge is 1.00 e. The lowest BCUT2D eigenvalue weighted by molar-refractivity contribution is -0.734. The van der Waals surface area contributed by atoms with Crippen molar-refractivity contribution in [2.45, 2.75) is 0 Å². The van der Waals surface area contributed by atoms with Crippen LogP contribution >= 0.6 is 11.3 Å². The molecule has 3 heterocycles. The first kappa shape index (κ1) is 22.4. The first-order valence-corrected chi connectivity index (χ1v) is 11.2. The van der Waals surface area contributed by atoms with E-state index in [2.05, 4.69) is 20.4 Å². The highest BCUT2D eigenvalue weighted by atomic mass is 35.5. The van der Waals surface area contributed by atoms with E-state index in [1.807, 2.05) is 66.7 Å². The zero-order valence-electron chi connectivity index (χ0n) is 17.9. The summed E-state index contributed by atoms with van der Waals surface area (Å²) in [6, 6.07) is 22.6. The molecule has 3 aromatic heterocycles. The molecule has 0 fully saturated rings. The van der Waals surface area contributed by atoms with Gasteiger partial charge in [-0.2, -0.15) is 0 Å². The molecule has 35 heavy (non-hydrogen) atoms. The van der Waals surface area contributed by atoms with Gasteiger partial charge in [0, 0.05) is 11.2 Å². The van der Waals surface area contributed by atoms with E-state index in [9.17, 15) is 9.59 Å². The van der Waals surface area contributed by atoms with Crippen molar-refractivity contribution in [2.75, 3.05) is 0 Å². The van der Waals surface area contributed by atoms with E-state index in [0.29, 0.717) is 22.0 Å². The number of thiazole rings is 1. The van der Waals surface area contributed by atoms with Crippen LogP contribution in [0.1, 0.15) is 11.4 Å². The minimum absolute atomic E-state index is 0. The van der Waals surface area contributed by atoms with Crippen molar-refractivity contribution in [3.05, 3.63) is 105 Å². The van der Waals surface area contributed by atoms with Crippen LogP contribution < -0.4 is 28.3 Å². The van der Waals surface area contributed by atoms with E-state index in [1.165, 1.54) is 11.3 Å². The Kier molecular flexibility index (Phi) is 5.81. The lowest BCUT2D eigenvalue weighted by Gasteiger charge is -2.01. The van der Waals surface area contributed by atoms with Gasteiger partial charge in [-0.05, 0) is 56.7 Å². The number of benzene rings is 3. The van der Waals surface area contributed by atoms with E-state index in [1.54, 1.807) is 27.8 Å². The van der Waals surface area contributed by atoms with Gasteiger partial charge in [-0.15, -0.1) is 0 Å². The summed E-state index contributed by atoms with van der Waals surface area (Å²) in [6.07, 6.45) is 3.74. The Bertz CT molecular complexity index is 1790. The second kappa shape index (κ2) is 9.09. The zero-order chi connectivity index (χ0) is 23.1. The van der Waals surface area contributed by atoms with Gasteiger partial charge < -0.3 is 12.4 Å². The Hall–Kier alpha value is -4.41. The Morgan fingerprint density at radius 2 is 1.60 bits per heavy atom. The molecule has 0 aliphatic heterocycles. The van der Waals surface area contributed by atoms with Crippen molar-refractivity contribution >= 4 is 44.5 Å². The molecule has 9 nitrogen and oxygen atoms in total. The SMILES string of the molecule is O=c1[nH][nH]c(=O)c2cc(-n3nc(C=Cc4ccccc4)n[n+]3-c3nc4ccccc4s3)ccc12.[Cl-]. The Labute approximate surface area is 207 Å². The maximum Gasteiger partial charge on any atom is 0.365 e. The first-order valence-electron chi connectivity index (χ1n) is 10.4. The molecule has 3 aromatic carbocycles. The Morgan fingerprint density at radius 3 is 2.40 bits per heavy atom. The fourth-order valence-electron chi connectivity index (χ4n) is 3.63. The fourth-order valence-corrected chi connectivity index (χ4v) is 4.53. The summed E-state index contributed by atoms with van der Waals surface area (Å²) in [5, 5.41) is 15.2. The number of nitrogens with one attached hydrogen (secondary N) is 2. The van der Waals surface area contributed by atoms with Crippen molar-refractivity contribution in [1.82, 2.24) is 30.2 Å². The molecule has 6 rings (SSSR count). The highest BCUT2D eigenvalue weighted by molar-refractivity contribution is 7.20. The van der Waals surface area contributed by atoms with Crippen molar-refractivity contribution in [3.8, 4) is 10.8 Å². The van der Waals surface area contributed by atoms with Gasteiger partial charge in [-0.25, -0.2) is 0 Å². The molecular formula is C24H16ClN7O2S. The third-order valence-corrected chi connectivity index (χ3v) is 6.27. The van der Waals surface area contributed by atoms with Gasteiger partial charge in [-0.1, -0.05) is 58.8 Å². The number of hydrogen-bond donors (Lipinski definition) is 2. The van der Waals surface area contributed by atoms with Crippen LogP contribution in [0.25, 0.3) is 44.0 Å². The third kappa shape index (κ3) is 4.16. The summed E-state index contributed by atoms with van der Waals surface area (Å²) in [5.41, 5.74) is 1.67. The number of H-pyrrole nitrogens is 2. The number of nitrogens with zero attached hydrogens (tertiary/aromatic N) is 5. The van der Waals surface area contributed by atoms with Gasteiger partial charge in [0.05, 0.1) is 15.5 Å². The minimum atomic E-state index is -0.396. The molecule has 0 saturated heterocycles. The van der Waals surface area contributed by atoms with Crippen LogP contribution in [-0.4, -0.2) is 30.2 Å². The van der Waals surface area contributed by atoms with Crippen molar-refractivity contribution in [3.63, 3.8) is 0 Å². The molecule has 0 aliphatic carbocycles. The summed E-state index contributed by atoms with van der Waals surface area (Å²) < 4.78 is 1.02. The second-order valence-electron chi connectivity index (χ2n) is 7.48. The highest BCUT2D eigenvalue weighted by Gasteiger charge is 2.23. The van der Waals surface area contributed by atoms with E-state index in [0.717, 1.165) is 15.8 Å². The van der Waals surface area contributed by atoms with E-state index in [4.69, 9.17) is 4.98 Å². The molecule has 0 bridgehead atoms. The van der Waals surface area contributed by atoms with Crippen LogP contribution in [0.2, 0.25) is 0 Å². The molecular weight excluding hydrogens is 486 g/mol. The number of para-hydroxylation sites is 1. The third-order valence-electron chi connectivity index (χ3n) is 5.26. The number of aromatic amines is 2. The maximum atomic E-state index is 12.4. The van der Waals surface area contributed by atoms with Gasteiger partial charge in [0.15, 0.2) is 5.52 Å². The summed E-state index contributed by atoms with van der Waals surface area (Å²) in [7, 11) is 0. The number of rotatable bonds is 4. The van der Waals surface area contributed by atoms with Crippen LogP contribution in [0.5, 0.6) is 0 Å². The molecule has 6 aromatic rings. The smallest absolute Gasteiger partial charge is 0.365 e. The number of aromatic nitrogens is 7. The summed E-state index contributed by atoms with van der Waals surface area (Å²) in [4.78, 5) is 32.3. The van der Waals surface area contributed by atoms with Gasteiger partial charge in [0.2, 0.25) is 0 Å². The Morgan fingerprint density at radius 1 is 0.857 bits per heavy atom. The lowest BCUT2D eigenvalue weighted by Crippen LogP contribution is -3.00. The molecule has 0 amide bonds.